The molecule has 0 atom stereocenters. The van der Waals surface area contributed by atoms with Gasteiger partial charge >= 0.3 is 6.09 Å². The van der Waals surface area contributed by atoms with Gasteiger partial charge in [-0.1, -0.05) is 98.8 Å². The second-order valence-electron chi connectivity index (χ2n) is 12.9. The molecule has 2 aliphatic carbocycles. The molecule has 1 fully saturated rings. The summed E-state index contributed by atoms with van der Waals surface area (Å²) in [6.07, 6.45) is 3.63. The molecule has 0 spiro atoms. The van der Waals surface area contributed by atoms with Crippen molar-refractivity contribution >= 4 is 11.9 Å². The third-order valence-electron chi connectivity index (χ3n) is 9.30. The molecule has 222 valence electrons. The van der Waals surface area contributed by atoms with Crippen LogP contribution in [0.5, 0.6) is 0 Å². The van der Waals surface area contributed by atoms with Gasteiger partial charge in [0.1, 0.15) is 6.61 Å². The van der Waals surface area contributed by atoms with Gasteiger partial charge in [-0.3, -0.25) is 4.79 Å². The number of nitrogens with one attached hydrogen (secondary N) is 1. The molecule has 1 heterocycles. The second-order valence-corrected chi connectivity index (χ2v) is 12.9. The number of hydrogen-bond acceptors (Lipinski definition) is 6. The quantitative estimate of drug-likeness (QED) is 0.227. The monoisotopic (exact) mass is 577 g/mol. The molecule has 1 N–H and O–H groups in total. The number of benzene rings is 3. The first-order valence-electron chi connectivity index (χ1n) is 15.2. The summed E-state index contributed by atoms with van der Waals surface area (Å²) < 4.78 is 6.18. The Morgan fingerprint density at radius 3 is 2.14 bits per heavy atom. The highest BCUT2D eigenvalue weighted by Crippen LogP contribution is 2.45. The van der Waals surface area contributed by atoms with E-state index in [0.717, 1.165) is 31.2 Å². The molecular formula is C35H39N5O3. The van der Waals surface area contributed by atoms with E-state index in [9.17, 15) is 9.59 Å². The van der Waals surface area contributed by atoms with Crippen LogP contribution in [0.1, 0.15) is 85.2 Å². The molecule has 1 aromatic heterocycles. The summed E-state index contributed by atoms with van der Waals surface area (Å²) in [5, 5.41) is 13.9. The molecule has 0 saturated heterocycles. The molecule has 1 amide bonds. The van der Waals surface area contributed by atoms with E-state index in [1.165, 1.54) is 22.3 Å². The maximum absolute atomic E-state index is 14.0. The van der Waals surface area contributed by atoms with Crippen LogP contribution in [0, 0.1) is 11.3 Å². The van der Waals surface area contributed by atoms with Crippen molar-refractivity contribution in [2.24, 2.45) is 11.3 Å². The minimum absolute atomic E-state index is 0.0151. The molecule has 8 nitrogen and oxygen atoms in total. The van der Waals surface area contributed by atoms with Crippen LogP contribution in [0.2, 0.25) is 0 Å². The summed E-state index contributed by atoms with van der Waals surface area (Å²) in [6, 6.07) is 24.3. The van der Waals surface area contributed by atoms with Gasteiger partial charge in [-0.25, -0.2) is 4.79 Å². The van der Waals surface area contributed by atoms with Crippen molar-refractivity contribution in [3.8, 4) is 11.1 Å². The van der Waals surface area contributed by atoms with Crippen molar-refractivity contribution in [1.29, 1.82) is 0 Å². The van der Waals surface area contributed by atoms with Crippen molar-refractivity contribution in [3.63, 3.8) is 0 Å². The van der Waals surface area contributed by atoms with Crippen molar-refractivity contribution in [2.45, 2.75) is 71.4 Å². The molecule has 1 saturated carbocycles. The van der Waals surface area contributed by atoms with Crippen molar-refractivity contribution < 1.29 is 14.3 Å². The number of ether oxygens (including phenoxy) is 1. The van der Waals surface area contributed by atoms with Gasteiger partial charge in [-0.05, 0) is 64.8 Å². The fourth-order valence-electron chi connectivity index (χ4n) is 6.88. The van der Waals surface area contributed by atoms with E-state index in [0.29, 0.717) is 23.9 Å². The van der Waals surface area contributed by atoms with E-state index in [-0.39, 0.29) is 42.3 Å². The number of rotatable bonds is 8. The van der Waals surface area contributed by atoms with Gasteiger partial charge in [0.15, 0.2) is 11.6 Å². The number of Topliss-reactive ketones (excluding diaryl/α,β-unsaturated/α-hetero) is 1. The lowest BCUT2D eigenvalue weighted by Crippen LogP contribution is -2.44. The Bertz CT molecular complexity index is 1540. The van der Waals surface area contributed by atoms with Crippen molar-refractivity contribution in [2.75, 3.05) is 6.61 Å². The van der Waals surface area contributed by atoms with E-state index in [4.69, 9.17) is 4.74 Å². The Hall–Kier alpha value is -4.33. The van der Waals surface area contributed by atoms with Gasteiger partial charge in [0.05, 0.1) is 13.0 Å². The van der Waals surface area contributed by atoms with Crippen molar-refractivity contribution in [3.05, 3.63) is 101 Å². The van der Waals surface area contributed by atoms with Gasteiger partial charge in [0.25, 0.3) is 0 Å². The van der Waals surface area contributed by atoms with Gasteiger partial charge < -0.3 is 9.64 Å². The van der Waals surface area contributed by atoms with Crippen LogP contribution in [0.15, 0.2) is 72.8 Å². The maximum atomic E-state index is 14.0. The standard InChI is InChI=1S/C35H39N5O3/c1-35(2,3)24-16-18-25(19-17-24)40(21-23-10-4-5-11-26(23)32(41)20-33-36-38-39-37-33)34(42)43-22-31-29-14-8-6-12-27(29)28-13-7-9-15-30(28)31/h4-15,24-25,31H,16-22H2,1-3H3,(H,36,37,38,39). The van der Waals surface area contributed by atoms with Gasteiger partial charge in [-0.2, -0.15) is 5.21 Å². The molecule has 4 aromatic rings. The van der Waals surface area contributed by atoms with E-state index < -0.39 is 0 Å². The SMILES string of the molecule is CC(C)(C)C1CCC(N(Cc2ccccc2C(=O)Cc2nn[nH]n2)C(=O)OCC2c3ccccc3-c3ccccc32)CC1. The Kier molecular flexibility index (Phi) is 8.10. The van der Waals surface area contributed by atoms with Crippen LogP contribution in [0.3, 0.4) is 0 Å². The number of amides is 1. The molecule has 8 heteroatoms. The molecule has 0 bridgehead atoms. The molecule has 2 aliphatic rings. The smallest absolute Gasteiger partial charge is 0.410 e. The molecule has 0 radical (unpaired) electrons. The first kappa shape index (κ1) is 28.8. The summed E-state index contributed by atoms with van der Waals surface area (Å²) in [7, 11) is 0. The summed E-state index contributed by atoms with van der Waals surface area (Å²) in [5.74, 6) is 0.824. The van der Waals surface area contributed by atoms with Crippen LogP contribution in [-0.2, 0) is 17.7 Å². The predicted octanol–water partition coefficient (Wildman–Crippen LogP) is 6.98. The zero-order valence-corrected chi connectivity index (χ0v) is 25.1. The lowest BCUT2D eigenvalue weighted by molar-refractivity contribution is 0.0562. The number of hydrogen-bond donors (Lipinski definition) is 1. The minimum atomic E-state index is -0.332. The highest BCUT2D eigenvalue weighted by Gasteiger charge is 2.36. The summed E-state index contributed by atoms with van der Waals surface area (Å²) in [6.45, 7) is 7.46. The summed E-state index contributed by atoms with van der Waals surface area (Å²) in [5.41, 5.74) is 6.36. The molecule has 6 rings (SSSR count). The Labute approximate surface area is 252 Å². The van der Waals surface area contributed by atoms with Crippen LogP contribution in [0.4, 0.5) is 4.79 Å². The first-order chi connectivity index (χ1) is 20.8. The van der Waals surface area contributed by atoms with E-state index in [1.54, 1.807) is 0 Å². The van der Waals surface area contributed by atoms with Crippen LogP contribution < -0.4 is 0 Å². The third-order valence-corrected chi connectivity index (χ3v) is 9.30. The third kappa shape index (κ3) is 6.10. The predicted molar refractivity (Wildman–Crippen MR) is 164 cm³/mol. The number of aromatic amines is 1. The Morgan fingerprint density at radius 2 is 1.51 bits per heavy atom. The number of nitrogens with zero attached hydrogens (tertiary/aromatic N) is 4. The van der Waals surface area contributed by atoms with Gasteiger partial charge in [0, 0.05) is 17.5 Å². The fourth-order valence-corrected chi connectivity index (χ4v) is 6.88. The number of carbonyl (C=O) groups excluding carboxylic acids is 2. The fraction of sp³-hybridized carbons (Fsp3) is 0.400. The van der Waals surface area contributed by atoms with Crippen LogP contribution >= 0.6 is 0 Å². The average Bonchev–Trinajstić information content (AvgIpc) is 3.64. The number of carbonyl (C=O) groups is 2. The zero-order valence-electron chi connectivity index (χ0n) is 25.1. The van der Waals surface area contributed by atoms with E-state index in [1.807, 2.05) is 41.3 Å². The normalized spacial score (nSPS) is 18.1. The number of ketones is 1. The molecule has 3 aromatic carbocycles. The van der Waals surface area contributed by atoms with E-state index >= 15 is 0 Å². The summed E-state index contributed by atoms with van der Waals surface area (Å²) in [4.78, 5) is 29.2. The van der Waals surface area contributed by atoms with Crippen molar-refractivity contribution in [1.82, 2.24) is 25.5 Å². The number of H-pyrrole nitrogens is 1. The number of tetrazole rings is 1. The highest BCUT2D eigenvalue weighted by molar-refractivity contribution is 5.98. The van der Waals surface area contributed by atoms with Gasteiger partial charge in [0.2, 0.25) is 0 Å². The topological polar surface area (TPSA) is 101 Å². The Balaban J connectivity index is 1.24. The lowest BCUT2D eigenvalue weighted by Gasteiger charge is -2.41. The average molecular weight is 578 g/mol. The van der Waals surface area contributed by atoms with E-state index in [2.05, 4.69) is 77.8 Å². The minimum Gasteiger partial charge on any atom is -0.448 e. The lowest BCUT2D eigenvalue weighted by atomic mass is 9.71. The summed E-state index contributed by atoms with van der Waals surface area (Å²) >= 11 is 0. The molecule has 0 aliphatic heterocycles. The first-order valence-corrected chi connectivity index (χ1v) is 15.2. The second kappa shape index (κ2) is 12.1. The largest absolute Gasteiger partial charge is 0.448 e. The molecule has 0 unspecified atom stereocenters. The molecule has 43 heavy (non-hydrogen) atoms. The molecular weight excluding hydrogens is 538 g/mol. The number of aromatic nitrogens is 4. The maximum Gasteiger partial charge on any atom is 0.410 e. The van der Waals surface area contributed by atoms with Crippen LogP contribution in [0.25, 0.3) is 11.1 Å². The number of fused-ring (bicyclic) bond motifs is 3. The van der Waals surface area contributed by atoms with Crippen LogP contribution in [-0.4, -0.2) is 50.0 Å². The highest BCUT2D eigenvalue weighted by atomic mass is 16.6. The van der Waals surface area contributed by atoms with Gasteiger partial charge in [-0.15, -0.1) is 10.2 Å². The zero-order chi connectivity index (χ0) is 30.0. The Morgan fingerprint density at radius 1 is 0.884 bits per heavy atom.